The molecule has 0 aliphatic heterocycles. The summed E-state index contributed by atoms with van der Waals surface area (Å²) in [6, 6.07) is 5.92. The fourth-order valence-corrected chi connectivity index (χ4v) is 3.50. The Hall–Kier alpha value is -1.48. The molecule has 0 amide bonds. The number of benzene rings is 1. The highest BCUT2D eigenvalue weighted by Gasteiger charge is 2.28. The average molecular weight is 270 g/mol. The second-order valence-electron chi connectivity index (χ2n) is 5.92. The average Bonchev–Trinajstić information content (AvgIpc) is 2.53. The van der Waals surface area contributed by atoms with E-state index in [9.17, 15) is 5.11 Å². The molecule has 0 radical (unpaired) electrons. The lowest BCUT2D eigenvalue weighted by Gasteiger charge is -2.32. The normalized spacial score (nSPS) is 24.7. The van der Waals surface area contributed by atoms with Crippen molar-refractivity contribution in [2.45, 2.75) is 45.1 Å². The Kier molecular flexibility index (Phi) is 3.97. The summed E-state index contributed by atoms with van der Waals surface area (Å²) in [5.74, 6) is 1.13. The van der Waals surface area contributed by atoms with Crippen molar-refractivity contribution >= 4 is 11.0 Å². The van der Waals surface area contributed by atoms with Crippen LogP contribution in [-0.4, -0.2) is 15.1 Å². The van der Waals surface area contributed by atoms with E-state index < -0.39 is 6.10 Å². The van der Waals surface area contributed by atoms with Gasteiger partial charge in [-0.25, -0.2) is 0 Å². The van der Waals surface area contributed by atoms with Gasteiger partial charge < -0.3 is 5.11 Å². The first-order valence-electron chi connectivity index (χ1n) is 7.67. The van der Waals surface area contributed by atoms with Gasteiger partial charge in [-0.05, 0) is 30.7 Å². The number of rotatable bonds is 3. The van der Waals surface area contributed by atoms with Crippen LogP contribution in [0.1, 0.15) is 50.7 Å². The quantitative estimate of drug-likeness (QED) is 0.920. The fourth-order valence-electron chi connectivity index (χ4n) is 3.50. The third-order valence-electron chi connectivity index (χ3n) is 4.70. The molecule has 1 aliphatic rings. The van der Waals surface area contributed by atoms with E-state index in [4.69, 9.17) is 0 Å². The third-order valence-corrected chi connectivity index (χ3v) is 4.70. The van der Waals surface area contributed by atoms with Gasteiger partial charge in [-0.3, -0.25) is 9.97 Å². The molecule has 1 aromatic heterocycles. The molecule has 0 bridgehead atoms. The predicted molar refractivity (Wildman–Crippen MR) is 80.2 cm³/mol. The zero-order chi connectivity index (χ0) is 13.9. The Balaban J connectivity index is 1.90. The number of hydrogen-bond acceptors (Lipinski definition) is 3. The van der Waals surface area contributed by atoms with Crippen molar-refractivity contribution in [3.05, 3.63) is 36.2 Å². The maximum Gasteiger partial charge on any atom is 0.0944 e. The molecule has 1 N–H and O–H groups in total. The van der Waals surface area contributed by atoms with E-state index in [1.165, 1.54) is 19.3 Å². The monoisotopic (exact) mass is 270 g/mol. The Bertz CT molecular complexity index is 579. The van der Waals surface area contributed by atoms with Gasteiger partial charge in [-0.2, -0.15) is 0 Å². The number of hydrogen-bond donors (Lipinski definition) is 1. The first-order valence-corrected chi connectivity index (χ1v) is 7.67. The van der Waals surface area contributed by atoms with E-state index in [1.54, 1.807) is 12.4 Å². The summed E-state index contributed by atoms with van der Waals surface area (Å²) >= 11 is 0. The van der Waals surface area contributed by atoms with Crippen molar-refractivity contribution in [2.24, 2.45) is 11.8 Å². The first kappa shape index (κ1) is 13.5. The van der Waals surface area contributed by atoms with Gasteiger partial charge in [0.15, 0.2) is 0 Å². The Morgan fingerprint density at radius 2 is 2.10 bits per heavy atom. The first-order chi connectivity index (χ1) is 9.79. The maximum absolute atomic E-state index is 10.8. The topological polar surface area (TPSA) is 46.0 Å². The minimum Gasteiger partial charge on any atom is -0.388 e. The third kappa shape index (κ3) is 2.55. The summed E-state index contributed by atoms with van der Waals surface area (Å²) in [4.78, 5) is 8.74. The van der Waals surface area contributed by atoms with E-state index in [2.05, 4.69) is 16.9 Å². The molecule has 20 heavy (non-hydrogen) atoms. The molecular weight excluding hydrogens is 248 g/mol. The van der Waals surface area contributed by atoms with Crippen LogP contribution >= 0.6 is 0 Å². The van der Waals surface area contributed by atoms with Gasteiger partial charge >= 0.3 is 0 Å². The van der Waals surface area contributed by atoms with E-state index in [0.29, 0.717) is 5.92 Å². The summed E-state index contributed by atoms with van der Waals surface area (Å²) < 4.78 is 0. The number of aliphatic hydroxyl groups excluding tert-OH is 1. The van der Waals surface area contributed by atoms with Crippen molar-refractivity contribution in [3.63, 3.8) is 0 Å². The molecule has 3 rings (SSSR count). The number of aliphatic hydroxyl groups is 1. The Morgan fingerprint density at radius 1 is 1.25 bits per heavy atom. The van der Waals surface area contributed by atoms with Gasteiger partial charge in [0.2, 0.25) is 0 Å². The van der Waals surface area contributed by atoms with Gasteiger partial charge in [0.1, 0.15) is 0 Å². The van der Waals surface area contributed by atoms with Crippen molar-refractivity contribution in [1.82, 2.24) is 9.97 Å². The standard InChI is InChI=1S/C17H22N2O/c1-2-12-5-3-6-13(11-12)17(20)14-7-4-8-15-16(14)19-10-9-18-15/h4,7-10,12-13,17,20H,2-3,5-6,11H2,1H3. The molecule has 3 nitrogen and oxygen atoms in total. The summed E-state index contributed by atoms with van der Waals surface area (Å²) in [5.41, 5.74) is 2.66. The summed E-state index contributed by atoms with van der Waals surface area (Å²) in [6.07, 6.45) is 9.01. The van der Waals surface area contributed by atoms with Crippen LogP contribution in [-0.2, 0) is 0 Å². The number of aromatic nitrogens is 2. The van der Waals surface area contributed by atoms with Crippen LogP contribution in [0.15, 0.2) is 30.6 Å². The molecule has 3 heteroatoms. The van der Waals surface area contributed by atoms with Gasteiger partial charge in [-0.1, -0.05) is 38.3 Å². The highest BCUT2D eigenvalue weighted by Crippen LogP contribution is 2.39. The van der Waals surface area contributed by atoms with Gasteiger partial charge in [-0.15, -0.1) is 0 Å². The summed E-state index contributed by atoms with van der Waals surface area (Å²) in [5, 5.41) is 10.8. The van der Waals surface area contributed by atoms with E-state index in [-0.39, 0.29) is 0 Å². The smallest absolute Gasteiger partial charge is 0.0944 e. The lowest BCUT2D eigenvalue weighted by atomic mass is 9.76. The van der Waals surface area contributed by atoms with Crippen molar-refractivity contribution in [3.8, 4) is 0 Å². The minimum atomic E-state index is -0.412. The maximum atomic E-state index is 10.8. The van der Waals surface area contributed by atoms with Crippen LogP contribution < -0.4 is 0 Å². The zero-order valence-electron chi connectivity index (χ0n) is 12.0. The van der Waals surface area contributed by atoms with Crippen LogP contribution in [0.4, 0.5) is 0 Å². The molecule has 0 spiro atoms. The molecule has 1 saturated carbocycles. The summed E-state index contributed by atoms with van der Waals surface area (Å²) in [6.45, 7) is 2.25. The fraction of sp³-hybridized carbons (Fsp3) is 0.529. The number of para-hydroxylation sites is 1. The van der Waals surface area contributed by atoms with Gasteiger partial charge in [0.05, 0.1) is 17.1 Å². The van der Waals surface area contributed by atoms with Crippen molar-refractivity contribution in [1.29, 1.82) is 0 Å². The van der Waals surface area contributed by atoms with Crippen LogP contribution in [0.5, 0.6) is 0 Å². The highest BCUT2D eigenvalue weighted by molar-refractivity contribution is 5.77. The molecule has 1 heterocycles. The van der Waals surface area contributed by atoms with Crippen molar-refractivity contribution in [2.75, 3.05) is 0 Å². The van der Waals surface area contributed by atoms with E-state index in [1.807, 2.05) is 18.2 Å². The second kappa shape index (κ2) is 5.88. The minimum absolute atomic E-state index is 0.362. The van der Waals surface area contributed by atoms with Gasteiger partial charge in [0, 0.05) is 18.0 Å². The lowest BCUT2D eigenvalue weighted by Crippen LogP contribution is -2.21. The Morgan fingerprint density at radius 3 is 2.95 bits per heavy atom. The zero-order valence-corrected chi connectivity index (χ0v) is 12.0. The van der Waals surface area contributed by atoms with Crippen LogP contribution in [0.3, 0.4) is 0 Å². The lowest BCUT2D eigenvalue weighted by molar-refractivity contribution is 0.0687. The van der Waals surface area contributed by atoms with Crippen LogP contribution in [0.2, 0.25) is 0 Å². The van der Waals surface area contributed by atoms with Crippen molar-refractivity contribution < 1.29 is 5.11 Å². The molecule has 1 aromatic carbocycles. The van der Waals surface area contributed by atoms with Gasteiger partial charge in [0.25, 0.3) is 0 Å². The van der Waals surface area contributed by atoms with E-state index in [0.717, 1.165) is 35.4 Å². The Labute approximate surface area is 120 Å². The number of nitrogens with zero attached hydrogens (tertiary/aromatic N) is 2. The molecule has 2 aromatic rings. The van der Waals surface area contributed by atoms with Crippen LogP contribution in [0.25, 0.3) is 11.0 Å². The molecule has 1 aliphatic carbocycles. The van der Waals surface area contributed by atoms with E-state index >= 15 is 0 Å². The SMILES string of the molecule is CCC1CCCC(C(O)c2cccc3nccnc23)C1. The molecule has 3 atom stereocenters. The largest absolute Gasteiger partial charge is 0.388 e. The molecular formula is C17H22N2O. The predicted octanol–water partition coefficient (Wildman–Crippen LogP) is 3.88. The molecule has 0 saturated heterocycles. The number of fused-ring (bicyclic) bond motifs is 1. The summed E-state index contributed by atoms with van der Waals surface area (Å²) in [7, 11) is 0. The molecule has 106 valence electrons. The second-order valence-corrected chi connectivity index (χ2v) is 5.92. The highest BCUT2D eigenvalue weighted by atomic mass is 16.3. The van der Waals surface area contributed by atoms with Crippen LogP contribution in [0, 0.1) is 11.8 Å². The molecule has 3 unspecified atom stereocenters. The molecule has 1 fully saturated rings.